The van der Waals surface area contributed by atoms with E-state index in [4.69, 9.17) is 18.8 Å². The summed E-state index contributed by atoms with van der Waals surface area (Å²) >= 11 is 2.97. The number of esters is 3. The highest BCUT2D eigenvalue weighted by molar-refractivity contribution is 9.10. The number of carbonyl (C=O) groups is 5. The van der Waals surface area contributed by atoms with Crippen molar-refractivity contribution in [3.63, 3.8) is 0 Å². The van der Waals surface area contributed by atoms with Crippen molar-refractivity contribution < 1.29 is 70.1 Å². The lowest BCUT2D eigenvalue weighted by Crippen LogP contribution is -2.41. The van der Waals surface area contributed by atoms with E-state index in [9.17, 15) is 37.1 Å². The van der Waals surface area contributed by atoms with Gasteiger partial charge < -0.3 is 33.0 Å². The van der Waals surface area contributed by atoms with Crippen molar-refractivity contribution >= 4 is 58.6 Å². The van der Waals surface area contributed by atoms with Crippen molar-refractivity contribution in [2.75, 3.05) is 21.3 Å². The highest BCUT2D eigenvalue weighted by atomic mass is 79.9. The summed E-state index contributed by atoms with van der Waals surface area (Å²) in [5.74, 6) is -3.29. The van der Waals surface area contributed by atoms with Crippen LogP contribution in [-0.2, 0) is 33.0 Å². The number of methoxy groups -OCH3 is 3. The van der Waals surface area contributed by atoms with Crippen LogP contribution in [0.15, 0.2) is 96.3 Å². The van der Waals surface area contributed by atoms with Crippen molar-refractivity contribution in [1.82, 2.24) is 29.8 Å². The Hall–Kier alpha value is -7.11. The molecule has 0 saturated carbocycles. The van der Waals surface area contributed by atoms with Gasteiger partial charge in [-0.2, -0.15) is 24.7 Å². The van der Waals surface area contributed by atoms with Crippen LogP contribution >= 0.6 is 15.9 Å². The fraction of sp³-hybridized carbons (Fsp3) is 0.385. The van der Waals surface area contributed by atoms with Crippen LogP contribution in [0.2, 0.25) is 0 Å². The average molecular weight is 1110 g/mol. The minimum atomic E-state index is -0.657. The average Bonchev–Trinajstić information content (AvgIpc) is 4.17. The topological polar surface area (TPSA) is 214 Å². The molecule has 1 fully saturated rings. The third-order valence-corrected chi connectivity index (χ3v) is 10.8. The maximum atomic E-state index is 14.2. The molecule has 75 heavy (non-hydrogen) atoms. The van der Waals surface area contributed by atoms with E-state index in [1.165, 1.54) is 82.7 Å². The number of benzene rings is 3. The fourth-order valence-corrected chi connectivity index (χ4v) is 6.09. The first kappa shape index (κ1) is 62.2. The molecular formula is C52H63BBrF3N6O12. The third kappa shape index (κ3) is 18.4. The quantitative estimate of drug-likeness (QED) is 0.0933. The Bertz CT molecular complexity index is 2880. The Morgan fingerprint density at radius 1 is 0.627 bits per heavy atom. The normalized spacial score (nSPS) is 13.1. The molecule has 0 bridgehead atoms. The molecule has 0 amide bonds. The van der Waals surface area contributed by atoms with Crippen molar-refractivity contribution in [2.45, 2.75) is 112 Å². The van der Waals surface area contributed by atoms with E-state index < -0.39 is 77.1 Å². The molecule has 0 radical (unpaired) electrons. The van der Waals surface area contributed by atoms with Gasteiger partial charge in [0.2, 0.25) is 0 Å². The summed E-state index contributed by atoms with van der Waals surface area (Å²) in [5.41, 5.74) is 0.757. The van der Waals surface area contributed by atoms with E-state index in [0.717, 1.165) is 27.6 Å². The smallest absolute Gasteiger partial charge is 0.465 e. The molecule has 7 rings (SSSR count). The van der Waals surface area contributed by atoms with Gasteiger partial charge in [0, 0.05) is 52.5 Å². The molecule has 3 aromatic heterocycles. The van der Waals surface area contributed by atoms with Gasteiger partial charge in [0.15, 0.2) is 0 Å². The number of aromatic amines is 1. The van der Waals surface area contributed by atoms with Gasteiger partial charge in [0.25, 0.3) is 0 Å². The van der Waals surface area contributed by atoms with E-state index >= 15 is 0 Å². The first-order valence-corrected chi connectivity index (χ1v) is 23.9. The second-order valence-electron chi connectivity index (χ2n) is 19.1. The van der Waals surface area contributed by atoms with Gasteiger partial charge in [-0.3, -0.25) is 5.10 Å². The van der Waals surface area contributed by atoms with E-state index in [0.29, 0.717) is 26.6 Å². The maximum absolute atomic E-state index is 14.2. The van der Waals surface area contributed by atoms with Crippen LogP contribution in [0.1, 0.15) is 121 Å². The van der Waals surface area contributed by atoms with E-state index in [1.807, 2.05) is 48.5 Å². The molecule has 404 valence electrons. The van der Waals surface area contributed by atoms with Crippen molar-refractivity contribution in [1.29, 1.82) is 0 Å². The molecule has 0 spiro atoms. The fourth-order valence-electron chi connectivity index (χ4n) is 5.84. The second-order valence-corrected chi connectivity index (χ2v) is 20.0. The number of hydrogen-bond donors (Lipinski definition) is 1. The van der Waals surface area contributed by atoms with E-state index in [2.05, 4.69) is 64.4 Å². The Balaban J connectivity index is 0.000000265. The minimum Gasteiger partial charge on any atom is -0.465 e. The third-order valence-electron chi connectivity index (χ3n) is 10.1. The zero-order chi connectivity index (χ0) is 56.6. The molecule has 0 aliphatic carbocycles. The number of nitrogens with one attached hydrogen (secondary N) is 1. The first-order chi connectivity index (χ1) is 34.9. The van der Waals surface area contributed by atoms with E-state index in [1.54, 1.807) is 39.4 Å². The van der Waals surface area contributed by atoms with Gasteiger partial charge in [-0.15, -0.1) is 0 Å². The molecule has 1 N–H and O–H groups in total. The summed E-state index contributed by atoms with van der Waals surface area (Å²) in [6.45, 7) is 22.8. The summed E-state index contributed by atoms with van der Waals surface area (Å²) in [7, 11) is 3.19. The summed E-state index contributed by atoms with van der Waals surface area (Å²) in [5, 5.41) is 14.2. The zero-order valence-corrected chi connectivity index (χ0v) is 46.2. The number of hydrogen-bond acceptors (Lipinski definition) is 15. The van der Waals surface area contributed by atoms with Crippen molar-refractivity contribution in [2.24, 2.45) is 0 Å². The molecule has 3 aromatic carbocycles. The highest BCUT2D eigenvalue weighted by Gasteiger charge is 2.52. The molecule has 1 aliphatic rings. The Labute approximate surface area is 442 Å². The van der Waals surface area contributed by atoms with Crippen LogP contribution in [0, 0.1) is 17.5 Å². The standard InChI is InChI=1S/C16H17FN2O4.C14H23BN2O4.C11H9FN2O2.C8H6BrFO2.C3H8/c1-16(2,3)23-15(21)19-9-11(8-18-19)12-6-5-10(7-13(12)17)14(20)22-4;1-12(2,3)19-11(18)17-9-10(8-16-17)15-20-13(4,5)14(6,7)21-15;1-16-11(15)7-2-3-9(10(12)4-7)8-5-13-14-6-8;1-12-8(11)5-2-3-6(9)7(10)4-5;1-3-2/h5-9H,1-4H3;8-9H,1-7H3;2-6H,1H3,(H,13,14);2-4H,1H3;3H2,1-2H3. The van der Waals surface area contributed by atoms with Crippen LogP contribution in [0.25, 0.3) is 22.3 Å². The van der Waals surface area contributed by atoms with Crippen molar-refractivity contribution in [3.8, 4) is 22.3 Å². The lowest BCUT2D eigenvalue weighted by molar-refractivity contribution is 0.00578. The van der Waals surface area contributed by atoms with Gasteiger partial charge >= 0.3 is 37.2 Å². The predicted octanol–water partition coefficient (Wildman–Crippen LogP) is 11.0. The van der Waals surface area contributed by atoms with Gasteiger partial charge in [0.1, 0.15) is 28.7 Å². The van der Waals surface area contributed by atoms with E-state index in [-0.39, 0.29) is 22.3 Å². The SMILES string of the molecule is CC(C)(C)OC(=O)n1cc(B2OC(C)(C)C(C)(C)O2)cn1.CCC.COC(=O)c1ccc(-c2cn[nH]c2)c(F)c1.COC(=O)c1ccc(-c2cnn(C(=O)OC(C)(C)C)c2)c(F)c1.COC(=O)c1ccc(Br)c(F)c1. The van der Waals surface area contributed by atoms with Gasteiger partial charge in [0.05, 0.1) is 66.1 Å². The number of H-pyrrole nitrogens is 1. The molecule has 23 heteroatoms. The summed E-state index contributed by atoms with van der Waals surface area (Å²) in [6, 6.07) is 12.2. The number of rotatable bonds is 6. The molecule has 0 unspecified atom stereocenters. The molecule has 6 aromatic rings. The Morgan fingerprint density at radius 3 is 1.41 bits per heavy atom. The minimum absolute atomic E-state index is 0.105. The highest BCUT2D eigenvalue weighted by Crippen LogP contribution is 2.36. The molecule has 0 atom stereocenters. The van der Waals surface area contributed by atoms with Crippen molar-refractivity contribution in [3.05, 3.63) is 130 Å². The van der Waals surface area contributed by atoms with Crippen LogP contribution in [-0.4, -0.2) is 111 Å². The number of ether oxygens (including phenoxy) is 5. The summed E-state index contributed by atoms with van der Waals surface area (Å²) in [4.78, 5) is 57.2. The van der Waals surface area contributed by atoms with Crippen LogP contribution in [0.4, 0.5) is 22.8 Å². The lowest BCUT2D eigenvalue weighted by Gasteiger charge is -2.32. The molecule has 18 nitrogen and oxygen atoms in total. The van der Waals surface area contributed by atoms with Gasteiger partial charge in [-0.05, 0) is 128 Å². The molecule has 4 heterocycles. The Morgan fingerprint density at radius 2 is 1.03 bits per heavy atom. The summed E-state index contributed by atoms with van der Waals surface area (Å²) < 4.78 is 78.8. The number of aromatic nitrogens is 6. The largest absolute Gasteiger partial charge is 0.498 e. The Kier molecular flexibility index (Phi) is 22.3. The number of carbonyl (C=O) groups excluding carboxylic acids is 5. The number of nitrogens with zero attached hydrogens (tertiary/aromatic N) is 5. The second kappa shape index (κ2) is 26.9. The lowest BCUT2D eigenvalue weighted by atomic mass is 9.82. The van der Waals surface area contributed by atoms with Crippen LogP contribution in [0.3, 0.4) is 0 Å². The number of halogens is 4. The molecule has 1 saturated heterocycles. The molecular weight excluding hydrogens is 1050 g/mol. The van der Waals surface area contributed by atoms with Crippen LogP contribution in [0.5, 0.6) is 0 Å². The monoisotopic (exact) mass is 1110 g/mol. The maximum Gasteiger partial charge on any atom is 0.498 e. The van der Waals surface area contributed by atoms with Gasteiger partial charge in [-0.1, -0.05) is 32.4 Å². The molecule has 1 aliphatic heterocycles. The van der Waals surface area contributed by atoms with Gasteiger partial charge in [-0.25, -0.2) is 37.1 Å². The first-order valence-electron chi connectivity index (χ1n) is 23.1. The summed E-state index contributed by atoms with van der Waals surface area (Å²) in [6.07, 6.45) is 9.01. The predicted molar refractivity (Wildman–Crippen MR) is 277 cm³/mol. The van der Waals surface area contributed by atoms with Crippen LogP contribution < -0.4 is 5.46 Å². The zero-order valence-electron chi connectivity index (χ0n) is 44.6.